The largest absolute Gasteiger partial charge is 0.529 e. The Kier molecular flexibility index (Phi) is 8.97. The van der Waals surface area contributed by atoms with Gasteiger partial charge in [-0.2, -0.15) is 0 Å². The van der Waals surface area contributed by atoms with Crippen LogP contribution in [0.25, 0.3) is 0 Å². The standard InChI is InChI=1S/C11H22O5Si/c1-5-14-17(15-6-2,16-7-3)10-8-9-13-11(4)12/h8,10H,5-7,9H2,1-4H3/b10-8+. The third-order valence-corrected chi connectivity index (χ3v) is 4.46. The highest BCUT2D eigenvalue weighted by atomic mass is 28.4. The van der Waals surface area contributed by atoms with Gasteiger partial charge in [-0.15, -0.1) is 0 Å². The molecule has 0 aromatic heterocycles. The molecule has 0 unspecified atom stereocenters. The summed E-state index contributed by atoms with van der Waals surface area (Å²) in [5, 5.41) is 0. The summed E-state index contributed by atoms with van der Waals surface area (Å²) in [6.45, 7) is 8.79. The molecule has 17 heavy (non-hydrogen) atoms. The Morgan fingerprint density at radius 2 is 1.53 bits per heavy atom. The molecule has 0 N–H and O–H groups in total. The van der Waals surface area contributed by atoms with Crippen molar-refractivity contribution in [1.82, 2.24) is 0 Å². The van der Waals surface area contributed by atoms with Crippen molar-refractivity contribution in [3.8, 4) is 0 Å². The van der Waals surface area contributed by atoms with Crippen LogP contribution in [0.3, 0.4) is 0 Å². The van der Waals surface area contributed by atoms with E-state index in [1.807, 2.05) is 20.8 Å². The summed E-state index contributed by atoms with van der Waals surface area (Å²) < 4.78 is 21.6. The second kappa shape index (κ2) is 9.35. The summed E-state index contributed by atoms with van der Waals surface area (Å²) in [6, 6.07) is 0. The van der Waals surface area contributed by atoms with Crippen molar-refractivity contribution in [2.24, 2.45) is 0 Å². The maximum absolute atomic E-state index is 10.6. The van der Waals surface area contributed by atoms with Crippen LogP contribution < -0.4 is 0 Å². The van der Waals surface area contributed by atoms with Crippen LogP contribution >= 0.6 is 0 Å². The quantitative estimate of drug-likeness (QED) is 0.467. The third kappa shape index (κ3) is 7.27. The van der Waals surface area contributed by atoms with Gasteiger partial charge in [0.25, 0.3) is 0 Å². The highest BCUT2D eigenvalue weighted by Crippen LogP contribution is 2.11. The molecule has 5 nitrogen and oxygen atoms in total. The summed E-state index contributed by atoms with van der Waals surface area (Å²) in [7, 11) is -2.74. The van der Waals surface area contributed by atoms with Crippen molar-refractivity contribution >= 4 is 14.8 Å². The van der Waals surface area contributed by atoms with E-state index in [1.54, 1.807) is 11.8 Å². The lowest BCUT2D eigenvalue weighted by molar-refractivity contribution is -0.139. The van der Waals surface area contributed by atoms with Gasteiger partial charge in [0.1, 0.15) is 6.61 Å². The highest BCUT2D eigenvalue weighted by Gasteiger charge is 2.37. The van der Waals surface area contributed by atoms with E-state index < -0.39 is 8.80 Å². The predicted octanol–water partition coefficient (Wildman–Crippen LogP) is 1.69. The van der Waals surface area contributed by atoms with E-state index in [0.29, 0.717) is 19.8 Å². The van der Waals surface area contributed by atoms with Crippen LogP contribution in [0.2, 0.25) is 0 Å². The lowest BCUT2D eigenvalue weighted by atomic mass is 10.7. The third-order valence-electron chi connectivity index (χ3n) is 1.74. The smallest absolute Gasteiger partial charge is 0.462 e. The normalized spacial score (nSPS) is 12.0. The number of rotatable bonds is 9. The van der Waals surface area contributed by atoms with Gasteiger partial charge in [0.05, 0.1) is 0 Å². The van der Waals surface area contributed by atoms with Gasteiger partial charge in [-0.3, -0.25) is 4.79 Å². The molecular formula is C11H22O5Si. The van der Waals surface area contributed by atoms with E-state index in [0.717, 1.165) is 0 Å². The minimum Gasteiger partial charge on any atom is -0.462 e. The van der Waals surface area contributed by atoms with Crippen molar-refractivity contribution in [2.75, 3.05) is 26.4 Å². The van der Waals surface area contributed by atoms with Gasteiger partial charge in [0.15, 0.2) is 0 Å². The van der Waals surface area contributed by atoms with Crippen molar-refractivity contribution in [2.45, 2.75) is 27.7 Å². The Hall–Kier alpha value is -0.693. The molecule has 0 saturated heterocycles. The number of carbonyl (C=O) groups is 1. The van der Waals surface area contributed by atoms with Crippen molar-refractivity contribution in [3.05, 3.63) is 11.8 Å². The molecule has 0 bridgehead atoms. The predicted molar refractivity (Wildman–Crippen MR) is 66.4 cm³/mol. The summed E-state index contributed by atoms with van der Waals surface area (Å²) in [5.74, 6) is -0.314. The molecule has 0 radical (unpaired) electrons. The second-order valence-electron chi connectivity index (χ2n) is 3.11. The maximum atomic E-state index is 10.6. The van der Waals surface area contributed by atoms with E-state index in [1.165, 1.54) is 6.92 Å². The van der Waals surface area contributed by atoms with Crippen molar-refractivity contribution in [1.29, 1.82) is 0 Å². The SMILES string of the molecule is CCO[Si](/C=C/COC(C)=O)(OCC)OCC. The monoisotopic (exact) mass is 262 g/mol. The molecule has 100 valence electrons. The molecule has 0 atom stereocenters. The van der Waals surface area contributed by atoms with Gasteiger partial charge < -0.3 is 18.0 Å². The lowest BCUT2D eigenvalue weighted by Gasteiger charge is -2.25. The van der Waals surface area contributed by atoms with Crippen molar-refractivity contribution < 1.29 is 22.8 Å². The van der Waals surface area contributed by atoms with Crippen LogP contribution in [0.5, 0.6) is 0 Å². The first kappa shape index (κ1) is 16.3. The fraction of sp³-hybridized carbons (Fsp3) is 0.727. The first-order chi connectivity index (χ1) is 8.10. The zero-order valence-electron chi connectivity index (χ0n) is 11.0. The van der Waals surface area contributed by atoms with Crippen LogP contribution in [0, 0.1) is 0 Å². The molecule has 0 amide bonds. The Labute approximate surface area is 104 Å². The molecule has 0 aliphatic carbocycles. The van der Waals surface area contributed by atoms with Gasteiger partial charge in [0.2, 0.25) is 0 Å². The van der Waals surface area contributed by atoms with Crippen LogP contribution in [0.4, 0.5) is 0 Å². The summed E-state index contributed by atoms with van der Waals surface area (Å²) in [5.41, 5.74) is 1.76. The Balaban J connectivity index is 4.46. The second-order valence-corrected chi connectivity index (χ2v) is 5.51. The molecule has 0 aromatic rings. The molecule has 0 rings (SSSR count). The van der Waals surface area contributed by atoms with Crippen LogP contribution in [0.1, 0.15) is 27.7 Å². The topological polar surface area (TPSA) is 54.0 Å². The first-order valence-electron chi connectivity index (χ1n) is 5.83. The van der Waals surface area contributed by atoms with Gasteiger partial charge >= 0.3 is 14.8 Å². The van der Waals surface area contributed by atoms with Crippen LogP contribution in [-0.2, 0) is 22.8 Å². The number of ether oxygens (including phenoxy) is 1. The number of hydrogen-bond donors (Lipinski definition) is 0. The van der Waals surface area contributed by atoms with Gasteiger partial charge in [0, 0.05) is 26.7 Å². The van der Waals surface area contributed by atoms with E-state index in [9.17, 15) is 4.79 Å². The molecule has 0 aromatic carbocycles. The van der Waals surface area contributed by atoms with E-state index >= 15 is 0 Å². The van der Waals surface area contributed by atoms with Gasteiger partial charge in [-0.25, -0.2) is 0 Å². The van der Waals surface area contributed by atoms with E-state index in [2.05, 4.69) is 0 Å². The van der Waals surface area contributed by atoms with Crippen LogP contribution in [-0.4, -0.2) is 41.2 Å². The average molecular weight is 262 g/mol. The number of esters is 1. The molecule has 6 heteroatoms. The minimum atomic E-state index is -2.74. The summed E-state index contributed by atoms with van der Waals surface area (Å²) in [6.07, 6.45) is 1.70. The molecule has 0 saturated carbocycles. The molecular weight excluding hydrogens is 240 g/mol. The molecule has 0 fully saturated rings. The zero-order valence-corrected chi connectivity index (χ0v) is 12.0. The first-order valence-corrected chi connectivity index (χ1v) is 7.63. The summed E-state index contributed by atoms with van der Waals surface area (Å²) >= 11 is 0. The molecule has 0 aliphatic heterocycles. The average Bonchev–Trinajstić information content (AvgIpc) is 2.25. The number of hydrogen-bond acceptors (Lipinski definition) is 5. The Morgan fingerprint density at radius 1 is 1.06 bits per heavy atom. The van der Waals surface area contributed by atoms with Crippen LogP contribution in [0.15, 0.2) is 11.8 Å². The fourth-order valence-electron chi connectivity index (χ4n) is 1.23. The Bertz CT molecular complexity index is 225. The maximum Gasteiger partial charge on any atom is 0.529 e. The minimum absolute atomic E-state index is 0.206. The molecule has 0 spiro atoms. The lowest BCUT2D eigenvalue weighted by Crippen LogP contribution is -2.44. The molecule has 0 aliphatic rings. The van der Waals surface area contributed by atoms with E-state index in [-0.39, 0.29) is 12.6 Å². The van der Waals surface area contributed by atoms with E-state index in [4.69, 9.17) is 18.0 Å². The zero-order chi connectivity index (χ0) is 13.1. The molecule has 0 heterocycles. The van der Waals surface area contributed by atoms with Gasteiger partial charge in [-0.05, 0) is 32.5 Å². The van der Waals surface area contributed by atoms with Crippen molar-refractivity contribution in [3.63, 3.8) is 0 Å². The fourth-order valence-corrected chi connectivity index (χ4v) is 3.36. The number of carbonyl (C=O) groups excluding carboxylic acids is 1. The Morgan fingerprint density at radius 3 is 1.88 bits per heavy atom. The summed E-state index contributed by atoms with van der Waals surface area (Å²) in [4.78, 5) is 10.6. The highest BCUT2D eigenvalue weighted by molar-refractivity contribution is 6.66. The van der Waals surface area contributed by atoms with Gasteiger partial charge in [-0.1, -0.05) is 0 Å².